The fourth-order valence-corrected chi connectivity index (χ4v) is 3.23. The van der Waals surface area contributed by atoms with Crippen molar-refractivity contribution in [2.24, 2.45) is 5.92 Å². The lowest BCUT2D eigenvalue weighted by Crippen LogP contribution is -2.42. The fraction of sp³-hybridized carbons (Fsp3) is 0.474. The van der Waals surface area contributed by atoms with Gasteiger partial charge in [0.1, 0.15) is 12.8 Å². The summed E-state index contributed by atoms with van der Waals surface area (Å²) in [7, 11) is 0. The summed E-state index contributed by atoms with van der Waals surface area (Å²) in [4.78, 5) is 24.8. The van der Waals surface area contributed by atoms with Crippen LogP contribution in [-0.4, -0.2) is 26.4 Å². The van der Waals surface area contributed by atoms with Gasteiger partial charge in [0.05, 0.1) is 12.7 Å². The molecule has 0 amide bonds. The number of aromatic nitrogens is 2. The molecule has 0 saturated carbocycles. The molecule has 2 aromatic rings. The summed E-state index contributed by atoms with van der Waals surface area (Å²) in [5.41, 5.74) is -0.0589. The summed E-state index contributed by atoms with van der Waals surface area (Å²) in [5.74, 6) is -0.0911. The van der Waals surface area contributed by atoms with Crippen LogP contribution in [0.4, 0.5) is 0 Å². The second-order valence-corrected chi connectivity index (χ2v) is 6.56. The number of rotatable bonds is 6. The molecule has 4 atom stereocenters. The summed E-state index contributed by atoms with van der Waals surface area (Å²) >= 11 is 0. The van der Waals surface area contributed by atoms with Crippen LogP contribution in [0.2, 0.25) is 0 Å². The average Bonchev–Trinajstić information content (AvgIpc) is 2.93. The van der Waals surface area contributed by atoms with Crippen molar-refractivity contribution >= 4 is 0 Å². The maximum absolute atomic E-state index is 12.7. The van der Waals surface area contributed by atoms with Gasteiger partial charge in [-0.25, -0.2) is 9.36 Å². The van der Waals surface area contributed by atoms with Crippen LogP contribution in [0.25, 0.3) is 0 Å². The molecule has 7 heteroatoms. The van der Waals surface area contributed by atoms with E-state index in [1.807, 2.05) is 44.2 Å². The highest BCUT2D eigenvalue weighted by atomic mass is 16.5. The van der Waals surface area contributed by atoms with Gasteiger partial charge in [0.2, 0.25) is 0 Å². The van der Waals surface area contributed by atoms with Crippen molar-refractivity contribution in [2.75, 3.05) is 0 Å². The first-order chi connectivity index (χ1) is 12.5. The number of ether oxygens (including phenoxy) is 2. The zero-order chi connectivity index (χ0) is 18.7. The molecule has 0 radical (unpaired) electrons. The van der Waals surface area contributed by atoms with Gasteiger partial charge in [-0.1, -0.05) is 44.2 Å². The predicted molar refractivity (Wildman–Crippen MR) is 95.6 cm³/mol. The number of nitrogens with zero attached hydrogens (tertiary/aromatic N) is 2. The summed E-state index contributed by atoms with van der Waals surface area (Å²) in [6, 6.07) is 10.8. The standard InChI is InChI=1S/C19H24N2O5/c1-3-15-13(2)17(23)18(26-15)20-10-9-16(22)21(19(20)24)12-25-11-14-7-5-4-6-8-14/h4-10,13,15,17-18,23H,3,11-12H2,1-2H3/t13-,15-,17-,18-/m0/s1. The van der Waals surface area contributed by atoms with E-state index in [-0.39, 0.29) is 18.8 Å². The molecule has 1 aromatic carbocycles. The van der Waals surface area contributed by atoms with E-state index in [9.17, 15) is 14.7 Å². The lowest BCUT2D eigenvalue weighted by Gasteiger charge is -2.19. The van der Waals surface area contributed by atoms with Crippen molar-refractivity contribution in [3.8, 4) is 0 Å². The van der Waals surface area contributed by atoms with Gasteiger partial charge in [0.25, 0.3) is 5.56 Å². The van der Waals surface area contributed by atoms with E-state index in [4.69, 9.17) is 9.47 Å². The highest BCUT2D eigenvalue weighted by Crippen LogP contribution is 2.34. The fourth-order valence-electron chi connectivity index (χ4n) is 3.23. The van der Waals surface area contributed by atoms with Gasteiger partial charge < -0.3 is 14.6 Å². The zero-order valence-corrected chi connectivity index (χ0v) is 14.9. The van der Waals surface area contributed by atoms with Crippen molar-refractivity contribution in [1.29, 1.82) is 0 Å². The molecule has 3 rings (SSSR count). The Bertz CT molecular complexity index is 845. The van der Waals surface area contributed by atoms with Crippen molar-refractivity contribution in [1.82, 2.24) is 9.13 Å². The lowest BCUT2D eigenvalue weighted by molar-refractivity contribution is -0.0427. The minimum absolute atomic E-state index is 0.0911. The first-order valence-corrected chi connectivity index (χ1v) is 8.80. The molecule has 1 N–H and O–H groups in total. The minimum atomic E-state index is -0.811. The van der Waals surface area contributed by atoms with Crippen LogP contribution in [0, 0.1) is 5.92 Å². The lowest BCUT2D eigenvalue weighted by atomic mass is 9.99. The van der Waals surface area contributed by atoms with Crippen LogP contribution in [0.1, 0.15) is 32.1 Å². The molecular weight excluding hydrogens is 336 g/mol. The summed E-state index contributed by atoms with van der Waals surface area (Å²) in [6.07, 6.45) is 0.370. The van der Waals surface area contributed by atoms with Gasteiger partial charge in [-0.15, -0.1) is 0 Å². The average molecular weight is 360 g/mol. The predicted octanol–water partition coefficient (Wildman–Crippen LogP) is 1.49. The minimum Gasteiger partial charge on any atom is -0.388 e. The third-order valence-electron chi connectivity index (χ3n) is 4.84. The van der Waals surface area contributed by atoms with Gasteiger partial charge >= 0.3 is 5.69 Å². The Labute approximate surface area is 151 Å². The van der Waals surface area contributed by atoms with E-state index < -0.39 is 23.6 Å². The Kier molecular flexibility index (Phi) is 5.70. The Morgan fingerprint density at radius 3 is 2.58 bits per heavy atom. The highest BCUT2D eigenvalue weighted by Gasteiger charge is 2.41. The van der Waals surface area contributed by atoms with Gasteiger partial charge in [-0.2, -0.15) is 0 Å². The Hall–Kier alpha value is -2.22. The van der Waals surface area contributed by atoms with E-state index in [0.29, 0.717) is 6.61 Å². The van der Waals surface area contributed by atoms with E-state index in [1.54, 1.807) is 0 Å². The molecular formula is C19H24N2O5. The van der Waals surface area contributed by atoms with E-state index in [0.717, 1.165) is 16.6 Å². The first kappa shape index (κ1) is 18.6. The molecule has 2 heterocycles. The van der Waals surface area contributed by atoms with E-state index in [1.165, 1.54) is 16.8 Å². The van der Waals surface area contributed by atoms with Crippen LogP contribution in [-0.2, 0) is 22.8 Å². The molecule has 0 spiro atoms. The Balaban J connectivity index is 1.79. The molecule has 0 aliphatic carbocycles. The third kappa shape index (κ3) is 3.65. The Morgan fingerprint density at radius 2 is 1.92 bits per heavy atom. The maximum Gasteiger partial charge on any atom is 0.335 e. The van der Waals surface area contributed by atoms with Crippen LogP contribution in [0.3, 0.4) is 0 Å². The number of benzene rings is 1. The van der Waals surface area contributed by atoms with Gasteiger partial charge in [0.15, 0.2) is 6.23 Å². The Morgan fingerprint density at radius 1 is 1.19 bits per heavy atom. The molecule has 7 nitrogen and oxygen atoms in total. The molecule has 1 fully saturated rings. The summed E-state index contributed by atoms with van der Waals surface area (Å²) in [5, 5.41) is 10.4. The number of aliphatic hydroxyl groups excluding tert-OH is 1. The zero-order valence-electron chi connectivity index (χ0n) is 14.9. The number of aliphatic hydroxyl groups is 1. The van der Waals surface area contributed by atoms with Crippen molar-refractivity contribution in [2.45, 2.75) is 52.0 Å². The molecule has 140 valence electrons. The van der Waals surface area contributed by atoms with E-state index >= 15 is 0 Å². The SMILES string of the molecule is CC[C@@H]1O[C@H](n2ccc(=O)n(COCc3ccccc3)c2=O)[C@@H](O)[C@H]1C. The second kappa shape index (κ2) is 7.99. The maximum atomic E-state index is 12.7. The van der Waals surface area contributed by atoms with Crippen LogP contribution in [0.15, 0.2) is 52.2 Å². The van der Waals surface area contributed by atoms with Gasteiger partial charge in [-0.3, -0.25) is 9.36 Å². The molecule has 0 unspecified atom stereocenters. The topological polar surface area (TPSA) is 82.7 Å². The third-order valence-corrected chi connectivity index (χ3v) is 4.84. The normalized spacial score (nSPS) is 25.5. The molecule has 1 saturated heterocycles. The largest absolute Gasteiger partial charge is 0.388 e. The van der Waals surface area contributed by atoms with Crippen molar-refractivity contribution in [3.63, 3.8) is 0 Å². The smallest absolute Gasteiger partial charge is 0.335 e. The molecule has 0 bridgehead atoms. The van der Waals surface area contributed by atoms with Crippen LogP contribution < -0.4 is 11.2 Å². The molecule has 1 aliphatic rings. The first-order valence-electron chi connectivity index (χ1n) is 8.80. The highest BCUT2D eigenvalue weighted by molar-refractivity contribution is 5.13. The van der Waals surface area contributed by atoms with Crippen molar-refractivity contribution in [3.05, 3.63) is 69.0 Å². The van der Waals surface area contributed by atoms with Crippen molar-refractivity contribution < 1.29 is 14.6 Å². The quantitative estimate of drug-likeness (QED) is 0.844. The van der Waals surface area contributed by atoms with Crippen LogP contribution in [0.5, 0.6) is 0 Å². The second-order valence-electron chi connectivity index (χ2n) is 6.56. The number of hydrogen-bond donors (Lipinski definition) is 1. The number of hydrogen-bond acceptors (Lipinski definition) is 5. The summed E-state index contributed by atoms with van der Waals surface area (Å²) < 4.78 is 13.6. The monoisotopic (exact) mass is 360 g/mol. The van der Waals surface area contributed by atoms with Gasteiger partial charge in [-0.05, 0) is 12.0 Å². The van der Waals surface area contributed by atoms with Gasteiger partial charge in [0, 0.05) is 18.2 Å². The summed E-state index contributed by atoms with van der Waals surface area (Å²) in [6.45, 7) is 3.99. The molecule has 1 aromatic heterocycles. The molecule has 1 aliphatic heterocycles. The van der Waals surface area contributed by atoms with E-state index in [2.05, 4.69) is 0 Å². The molecule has 26 heavy (non-hydrogen) atoms. The van der Waals surface area contributed by atoms with Crippen LogP contribution >= 0.6 is 0 Å².